The Bertz CT molecular complexity index is 586. The Morgan fingerprint density at radius 2 is 1.72 bits per heavy atom. The zero-order chi connectivity index (χ0) is 13.0. The van der Waals surface area contributed by atoms with Gasteiger partial charge in [-0.2, -0.15) is 0 Å². The van der Waals surface area contributed by atoms with Crippen molar-refractivity contribution >= 4 is 11.9 Å². The molecular weight excluding hydrogens is 231 g/mol. The molecule has 0 aliphatic rings. The molecule has 0 unspecified atom stereocenters. The number of phenolic OH excluding ortho intramolecular Hbond substituents is 1. The van der Waals surface area contributed by atoms with Crippen LogP contribution in [0.15, 0.2) is 54.6 Å². The minimum atomic E-state index is -0.320. The number of allylic oxidation sites excluding steroid dienone is 1. The molecule has 1 N–H and O–H groups in total. The third-order valence-electron chi connectivity index (χ3n) is 2.47. The van der Waals surface area contributed by atoms with Crippen LogP contribution in [0, 0.1) is 5.82 Å². The summed E-state index contributed by atoms with van der Waals surface area (Å²) in [6.45, 7) is 0. The van der Waals surface area contributed by atoms with Crippen LogP contribution in [0.25, 0.3) is 6.08 Å². The highest BCUT2D eigenvalue weighted by Gasteiger charge is 2.06. The van der Waals surface area contributed by atoms with Gasteiger partial charge in [-0.1, -0.05) is 30.3 Å². The maximum Gasteiger partial charge on any atom is 0.189 e. The monoisotopic (exact) mass is 242 g/mol. The van der Waals surface area contributed by atoms with E-state index < -0.39 is 0 Å². The van der Waals surface area contributed by atoms with Gasteiger partial charge in [0.15, 0.2) is 5.78 Å². The SMILES string of the molecule is O=C(/C=C/c1ccc(F)cc1)c1ccccc1O. The van der Waals surface area contributed by atoms with E-state index in [2.05, 4.69) is 0 Å². The molecule has 2 nitrogen and oxygen atoms in total. The van der Waals surface area contributed by atoms with E-state index in [9.17, 15) is 14.3 Å². The standard InChI is InChI=1S/C15H11FO2/c16-12-8-5-11(6-9-12)7-10-15(18)13-3-1-2-4-14(13)17/h1-10,17H/b10-7+. The van der Waals surface area contributed by atoms with Crippen molar-refractivity contribution in [2.24, 2.45) is 0 Å². The van der Waals surface area contributed by atoms with Crippen LogP contribution in [0.4, 0.5) is 4.39 Å². The van der Waals surface area contributed by atoms with E-state index in [0.717, 1.165) is 5.56 Å². The molecule has 0 atom stereocenters. The first-order valence-corrected chi connectivity index (χ1v) is 5.43. The first-order chi connectivity index (χ1) is 8.66. The van der Waals surface area contributed by atoms with Gasteiger partial charge in [-0.15, -0.1) is 0 Å². The lowest BCUT2D eigenvalue weighted by molar-refractivity contribution is 0.104. The van der Waals surface area contributed by atoms with Crippen LogP contribution in [-0.4, -0.2) is 10.9 Å². The molecule has 90 valence electrons. The predicted octanol–water partition coefficient (Wildman–Crippen LogP) is 3.43. The highest BCUT2D eigenvalue weighted by Crippen LogP contribution is 2.17. The van der Waals surface area contributed by atoms with Gasteiger partial charge in [-0.05, 0) is 35.9 Å². The minimum Gasteiger partial charge on any atom is -0.507 e. The third kappa shape index (κ3) is 2.83. The van der Waals surface area contributed by atoms with E-state index in [1.165, 1.54) is 24.3 Å². The number of rotatable bonds is 3. The number of hydrogen-bond acceptors (Lipinski definition) is 2. The summed E-state index contributed by atoms with van der Waals surface area (Å²) in [4.78, 5) is 11.8. The molecule has 0 aromatic heterocycles. The number of carbonyl (C=O) groups is 1. The van der Waals surface area contributed by atoms with Crippen molar-refractivity contribution in [2.45, 2.75) is 0 Å². The lowest BCUT2D eigenvalue weighted by Crippen LogP contribution is -1.94. The Labute approximate surface area is 104 Å². The number of phenols is 1. The topological polar surface area (TPSA) is 37.3 Å². The number of halogens is 1. The summed E-state index contributed by atoms with van der Waals surface area (Å²) in [5.74, 6) is -0.664. The van der Waals surface area contributed by atoms with Gasteiger partial charge in [0.1, 0.15) is 11.6 Å². The molecule has 2 aromatic carbocycles. The van der Waals surface area contributed by atoms with E-state index in [4.69, 9.17) is 0 Å². The Morgan fingerprint density at radius 3 is 2.39 bits per heavy atom. The quantitative estimate of drug-likeness (QED) is 0.661. The molecule has 0 fully saturated rings. The van der Waals surface area contributed by atoms with E-state index in [-0.39, 0.29) is 22.9 Å². The summed E-state index contributed by atoms with van der Waals surface area (Å²) >= 11 is 0. The van der Waals surface area contributed by atoms with Crippen molar-refractivity contribution in [3.8, 4) is 5.75 Å². The summed E-state index contributed by atoms with van der Waals surface area (Å²) in [6.07, 6.45) is 2.93. The van der Waals surface area contributed by atoms with E-state index in [1.807, 2.05) is 0 Å². The average Bonchev–Trinajstić information content (AvgIpc) is 2.38. The van der Waals surface area contributed by atoms with Crippen molar-refractivity contribution in [2.75, 3.05) is 0 Å². The molecule has 0 saturated carbocycles. The van der Waals surface area contributed by atoms with Gasteiger partial charge in [0, 0.05) is 0 Å². The first kappa shape index (κ1) is 12.0. The van der Waals surface area contributed by atoms with Crippen molar-refractivity contribution in [1.29, 1.82) is 0 Å². The van der Waals surface area contributed by atoms with Gasteiger partial charge < -0.3 is 5.11 Å². The van der Waals surface area contributed by atoms with Gasteiger partial charge in [0.05, 0.1) is 5.56 Å². The zero-order valence-corrected chi connectivity index (χ0v) is 9.51. The van der Waals surface area contributed by atoms with Gasteiger partial charge in [-0.25, -0.2) is 4.39 Å². The molecule has 0 aliphatic heterocycles. The molecular formula is C15H11FO2. The smallest absolute Gasteiger partial charge is 0.189 e. The first-order valence-electron chi connectivity index (χ1n) is 5.43. The highest BCUT2D eigenvalue weighted by molar-refractivity contribution is 6.08. The van der Waals surface area contributed by atoms with Crippen LogP contribution in [-0.2, 0) is 0 Å². The molecule has 2 aromatic rings. The fraction of sp³-hybridized carbons (Fsp3) is 0. The average molecular weight is 242 g/mol. The Balaban J connectivity index is 2.17. The van der Waals surface area contributed by atoms with Gasteiger partial charge >= 0.3 is 0 Å². The number of para-hydroxylation sites is 1. The van der Waals surface area contributed by atoms with Gasteiger partial charge in [-0.3, -0.25) is 4.79 Å². The molecule has 18 heavy (non-hydrogen) atoms. The fourth-order valence-corrected chi connectivity index (χ4v) is 1.52. The molecule has 0 heterocycles. The summed E-state index contributed by atoms with van der Waals surface area (Å²) in [5, 5.41) is 9.51. The van der Waals surface area contributed by atoms with Crippen molar-refractivity contribution in [1.82, 2.24) is 0 Å². The van der Waals surface area contributed by atoms with Crippen LogP contribution < -0.4 is 0 Å². The molecule has 2 rings (SSSR count). The van der Waals surface area contributed by atoms with Crippen molar-refractivity contribution < 1.29 is 14.3 Å². The molecule has 3 heteroatoms. The number of ketones is 1. The molecule has 0 bridgehead atoms. The lowest BCUT2D eigenvalue weighted by Gasteiger charge is -1.99. The van der Waals surface area contributed by atoms with Crippen molar-refractivity contribution in [3.63, 3.8) is 0 Å². The van der Waals surface area contributed by atoms with Crippen LogP contribution in [0.3, 0.4) is 0 Å². The maximum absolute atomic E-state index is 12.7. The Hall–Kier alpha value is -2.42. The molecule has 0 amide bonds. The number of aromatic hydroxyl groups is 1. The molecule has 0 saturated heterocycles. The number of hydrogen-bond donors (Lipinski definition) is 1. The van der Waals surface area contributed by atoms with E-state index in [1.54, 1.807) is 36.4 Å². The van der Waals surface area contributed by atoms with E-state index >= 15 is 0 Å². The van der Waals surface area contributed by atoms with Crippen LogP contribution >= 0.6 is 0 Å². The second kappa shape index (κ2) is 5.27. The highest BCUT2D eigenvalue weighted by atomic mass is 19.1. The Kier molecular flexibility index (Phi) is 3.53. The van der Waals surface area contributed by atoms with Crippen LogP contribution in [0.1, 0.15) is 15.9 Å². The minimum absolute atomic E-state index is 0.0498. The summed E-state index contributed by atoms with van der Waals surface area (Å²) in [7, 11) is 0. The predicted molar refractivity (Wildman–Crippen MR) is 67.9 cm³/mol. The zero-order valence-electron chi connectivity index (χ0n) is 9.51. The van der Waals surface area contributed by atoms with Crippen molar-refractivity contribution in [3.05, 3.63) is 71.6 Å². The summed E-state index contributed by atoms with van der Waals surface area (Å²) in [6, 6.07) is 12.1. The second-order valence-corrected chi connectivity index (χ2v) is 3.77. The third-order valence-corrected chi connectivity index (χ3v) is 2.47. The van der Waals surface area contributed by atoms with E-state index in [0.29, 0.717) is 0 Å². The molecule has 0 radical (unpaired) electrons. The van der Waals surface area contributed by atoms with Gasteiger partial charge in [0.25, 0.3) is 0 Å². The van der Waals surface area contributed by atoms with Crippen LogP contribution in [0.5, 0.6) is 5.75 Å². The maximum atomic E-state index is 12.7. The second-order valence-electron chi connectivity index (χ2n) is 3.77. The van der Waals surface area contributed by atoms with Gasteiger partial charge in [0.2, 0.25) is 0 Å². The number of carbonyl (C=O) groups excluding carboxylic acids is 1. The largest absolute Gasteiger partial charge is 0.507 e. The van der Waals surface area contributed by atoms with Crippen LogP contribution in [0.2, 0.25) is 0 Å². The molecule has 0 spiro atoms. The summed E-state index contributed by atoms with van der Waals surface area (Å²) < 4.78 is 12.7. The number of benzene rings is 2. The fourth-order valence-electron chi connectivity index (χ4n) is 1.52. The molecule has 0 aliphatic carbocycles. The normalized spacial score (nSPS) is 10.7. The Morgan fingerprint density at radius 1 is 1.06 bits per heavy atom. The lowest BCUT2D eigenvalue weighted by atomic mass is 10.1. The summed E-state index contributed by atoms with van der Waals surface area (Å²) in [5.41, 5.74) is 0.969.